The highest BCUT2D eigenvalue weighted by Crippen LogP contribution is 2.17. The summed E-state index contributed by atoms with van der Waals surface area (Å²) in [6, 6.07) is 13.9. The zero-order valence-corrected chi connectivity index (χ0v) is 12.6. The molecule has 1 N–H and O–H groups in total. The molecule has 0 fully saturated rings. The third-order valence-electron chi connectivity index (χ3n) is 2.74. The fraction of sp³-hybridized carbons (Fsp3) is 0.294. The van der Waals surface area contributed by atoms with E-state index in [-0.39, 0.29) is 0 Å². The standard InChI is InChI=1S/C17H20N2O2/c1-17(2,3)21-16(20)19-12-15-10-9-14(11-18-15)13-7-5-4-6-8-13/h4-11H,12H2,1-3H3,(H,19,20). The minimum Gasteiger partial charge on any atom is -0.444 e. The predicted molar refractivity (Wildman–Crippen MR) is 82.7 cm³/mol. The molecule has 0 aliphatic carbocycles. The molecule has 0 saturated carbocycles. The molecule has 4 nitrogen and oxygen atoms in total. The highest BCUT2D eigenvalue weighted by molar-refractivity contribution is 5.67. The van der Waals surface area contributed by atoms with Crippen molar-refractivity contribution >= 4 is 6.09 Å². The number of pyridine rings is 1. The molecule has 1 aromatic heterocycles. The zero-order chi connectivity index (χ0) is 15.3. The van der Waals surface area contributed by atoms with Gasteiger partial charge in [-0.25, -0.2) is 4.79 Å². The van der Waals surface area contributed by atoms with Crippen LogP contribution in [0.4, 0.5) is 4.79 Å². The molecule has 1 aromatic carbocycles. The minimum atomic E-state index is -0.491. The predicted octanol–water partition coefficient (Wildman–Crippen LogP) is 3.77. The fourth-order valence-electron chi connectivity index (χ4n) is 1.81. The van der Waals surface area contributed by atoms with E-state index >= 15 is 0 Å². The molecular formula is C17H20N2O2. The van der Waals surface area contributed by atoms with Gasteiger partial charge in [0.2, 0.25) is 0 Å². The van der Waals surface area contributed by atoms with Crippen LogP contribution in [-0.4, -0.2) is 16.7 Å². The van der Waals surface area contributed by atoms with Crippen LogP contribution >= 0.6 is 0 Å². The molecule has 2 aromatic rings. The largest absolute Gasteiger partial charge is 0.444 e. The van der Waals surface area contributed by atoms with Gasteiger partial charge in [-0.15, -0.1) is 0 Å². The third kappa shape index (κ3) is 4.91. The summed E-state index contributed by atoms with van der Waals surface area (Å²) in [7, 11) is 0. The van der Waals surface area contributed by atoms with E-state index in [0.717, 1.165) is 16.8 Å². The second-order valence-corrected chi connectivity index (χ2v) is 5.76. The second-order valence-electron chi connectivity index (χ2n) is 5.76. The van der Waals surface area contributed by atoms with Crippen molar-refractivity contribution in [2.24, 2.45) is 0 Å². The third-order valence-corrected chi connectivity index (χ3v) is 2.74. The Morgan fingerprint density at radius 1 is 1.10 bits per heavy atom. The van der Waals surface area contributed by atoms with Gasteiger partial charge in [0, 0.05) is 11.8 Å². The van der Waals surface area contributed by atoms with Crippen LogP contribution in [0.2, 0.25) is 0 Å². The lowest BCUT2D eigenvalue weighted by Crippen LogP contribution is -2.32. The van der Waals surface area contributed by atoms with Gasteiger partial charge in [-0.3, -0.25) is 4.98 Å². The first-order valence-electron chi connectivity index (χ1n) is 6.91. The highest BCUT2D eigenvalue weighted by atomic mass is 16.6. The SMILES string of the molecule is CC(C)(C)OC(=O)NCc1ccc(-c2ccccc2)cn1. The molecule has 1 heterocycles. The van der Waals surface area contributed by atoms with Gasteiger partial charge < -0.3 is 10.1 Å². The zero-order valence-electron chi connectivity index (χ0n) is 12.6. The summed E-state index contributed by atoms with van der Waals surface area (Å²) in [6.45, 7) is 5.85. The van der Waals surface area contributed by atoms with E-state index in [0.29, 0.717) is 6.54 Å². The Bertz CT molecular complexity index is 586. The Kier molecular flexibility index (Phi) is 4.58. The molecular weight excluding hydrogens is 264 g/mol. The van der Waals surface area contributed by atoms with E-state index in [2.05, 4.69) is 10.3 Å². The van der Waals surface area contributed by atoms with Gasteiger partial charge in [0.05, 0.1) is 12.2 Å². The van der Waals surface area contributed by atoms with E-state index in [1.165, 1.54) is 0 Å². The van der Waals surface area contributed by atoms with Gasteiger partial charge in [-0.1, -0.05) is 36.4 Å². The van der Waals surface area contributed by atoms with Crippen LogP contribution in [0.5, 0.6) is 0 Å². The average Bonchev–Trinajstić information content (AvgIpc) is 2.45. The minimum absolute atomic E-state index is 0.351. The number of alkyl carbamates (subject to hydrolysis) is 1. The molecule has 0 aliphatic rings. The van der Waals surface area contributed by atoms with Crippen LogP contribution in [0.25, 0.3) is 11.1 Å². The molecule has 21 heavy (non-hydrogen) atoms. The second kappa shape index (κ2) is 6.39. The van der Waals surface area contributed by atoms with Gasteiger partial charge >= 0.3 is 6.09 Å². The van der Waals surface area contributed by atoms with E-state index in [1.54, 1.807) is 6.20 Å². The molecule has 0 bridgehead atoms. The first-order chi connectivity index (χ1) is 9.94. The lowest BCUT2D eigenvalue weighted by atomic mass is 10.1. The van der Waals surface area contributed by atoms with Gasteiger partial charge in [-0.2, -0.15) is 0 Å². The van der Waals surface area contributed by atoms with Crippen molar-refractivity contribution in [3.63, 3.8) is 0 Å². The van der Waals surface area contributed by atoms with Gasteiger partial charge in [0.25, 0.3) is 0 Å². The van der Waals surface area contributed by atoms with E-state index < -0.39 is 11.7 Å². The normalized spacial score (nSPS) is 11.0. The number of carbonyl (C=O) groups is 1. The van der Waals surface area contributed by atoms with E-state index in [9.17, 15) is 4.79 Å². The van der Waals surface area contributed by atoms with Crippen molar-refractivity contribution in [2.45, 2.75) is 32.9 Å². The number of carbonyl (C=O) groups excluding carboxylic acids is 1. The molecule has 0 saturated heterocycles. The summed E-state index contributed by atoms with van der Waals surface area (Å²) >= 11 is 0. The molecule has 4 heteroatoms. The van der Waals surface area contributed by atoms with E-state index in [4.69, 9.17) is 4.74 Å². The maximum Gasteiger partial charge on any atom is 0.407 e. The number of hydrogen-bond acceptors (Lipinski definition) is 3. The molecule has 0 spiro atoms. The van der Waals surface area contributed by atoms with Crippen molar-refractivity contribution < 1.29 is 9.53 Å². The summed E-state index contributed by atoms with van der Waals surface area (Å²) in [5.74, 6) is 0. The summed E-state index contributed by atoms with van der Waals surface area (Å²) in [4.78, 5) is 15.9. The van der Waals surface area contributed by atoms with Gasteiger partial charge in [-0.05, 0) is 32.4 Å². The fourth-order valence-corrected chi connectivity index (χ4v) is 1.81. The maximum absolute atomic E-state index is 11.6. The van der Waals surface area contributed by atoms with Crippen LogP contribution < -0.4 is 5.32 Å². The Balaban J connectivity index is 1.93. The molecule has 0 aliphatic heterocycles. The van der Waals surface area contributed by atoms with Crippen LogP contribution in [0.3, 0.4) is 0 Å². The van der Waals surface area contributed by atoms with Crippen molar-refractivity contribution in [2.75, 3.05) is 0 Å². The lowest BCUT2D eigenvalue weighted by molar-refractivity contribution is 0.0523. The topological polar surface area (TPSA) is 51.2 Å². The van der Waals surface area contributed by atoms with Crippen molar-refractivity contribution in [3.8, 4) is 11.1 Å². The molecule has 110 valence electrons. The Labute approximate surface area is 125 Å². The maximum atomic E-state index is 11.6. The number of hydrogen-bond donors (Lipinski definition) is 1. The number of aromatic nitrogens is 1. The molecule has 0 atom stereocenters. The van der Waals surface area contributed by atoms with Gasteiger partial charge in [0.1, 0.15) is 5.60 Å². The number of nitrogens with one attached hydrogen (secondary N) is 1. The van der Waals surface area contributed by atoms with Gasteiger partial charge in [0.15, 0.2) is 0 Å². The first-order valence-corrected chi connectivity index (χ1v) is 6.91. The first kappa shape index (κ1) is 15.0. The summed E-state index contributed by atoms with van der Waals surface area (Å²) in [5.41, 5.74) is 2.48. The highest BCUT2D eigenvalue weighted by Gasteiger charge is 2.15. The average molecular weight is 284 g/mol. The Morgan fingerprint density at radius 3 is 2.38 bits per heavy atom. The van der Waals surface area contributed by atoms with Crippen molar-refractivity contribution in [1.29, 1.82) is 0 Å². The summed E-state index contributed by atoms with van der Waals surface area (Å²) in [6.07, 6.45) is 1.37. The number of benzene rings is 1. The molecule has 0 unspecified atom stereocenters. The molecule has 2 rings (SSSR count). The van der Waals surface area contributed by atoms with Crippen LogP contribution in [0, 0.1) is 0 Å². The van der Waals surface area contributed by atoms with Crippen LogP contribution in [0.15, 0.2) is 48.7 Å². The molecule has 0 radical (unpaired) electrons. The smallest absolute Gasteiger partial charge is 0.407 e. The van der Waals surface area contributed by atoms with Crippen LogP contribution in [-0.2, 0) is 11.3 Å². The number of amides is 1. The summed E-state index contributed by atoms with van der Waals surface area (Å²) < 4.78 is 5.17. The summed E-state index contributed by atoms with van der Waals surface area (Å²) in [5, 5.41) is 2.69. The number of ether oxygens (including phenoxy) is 1. The van der Waals surface area contributed by atoms with Crippen molar-refractivity contribution in [1.82, 2.24) is 10.3 Å². The Hall–Kier alpha value is -2.36. The van der Waals surface area contributed by atoms with E-state index in [1.807, 2.05) is 63.2 Å². The number of rotatable bonds is 3. The lowest BCUT2D eigenvalue weighted by Gasteiger charge is -2.19. The monoisotopic (exact) mass is 284 g/mol. The molecule has 1 amide bonds. The number of nitrogens with zero attached hydrogens (tertiary/aromatic N) is 1. The Morgan fingerprint density at radius 2 is 1.81 bits per heavy atom. The van der Waals surface area contributed by atoms with Crippen LogP contribution in [0.1, 0.15) is 26.5 Å². The quantitative estimate of drug-likeness (QED) is 0.933. The van der Waals surface area contributed by atoms with Crippen molar-refractivity contribution in [3.05, 3.63) is 54.4 Å².